The smallest absolute Gasteiger partial charge is 0.321 e. The molecule has 8 heteroatoms. The Hall–Kier alpha value is -1.67. The van der Waals surface area contributed by atoms with E-state index in [0.717, 1.165) is 29.6 Å². The number of nitrogen functional groups attached to an aromatic ring is 1. The van der Waals surface area contributed by atoms with Gasteiger partial charge in [-0.1, -0.05) is 6.92 Å². The highest BCUT2D eigenvalue weighted by Gasteiger charge is 2.27. The quantitative estimate of drug-likeness (QED) is 0.633. The van der Waals surface area contributed by atoms with E-state index in [1.807, 2.05) is 0 Å². The number of carbonyl (C=O) groups is 1. The molecule has 0 radical (unpaired) electrons. The van der Waals surface area contributed by atoms with Crippen molar-refractivity contribution in [2.24, 2.45) is 0 Å². The van der Waals surface area contributed by atoms with Crippen LogP contribution < -0.4 is 5.73 Å². The van der Waals surface area contributed by atoms with Crippen LogP contribution in [0, 0.1) is 5.82 Å². The van der Waals surface area contributed by atoms with Crippen molar-refractivity contribution in [3.05, 3.63) is 24.0 Å². The molecule has 0 fully saturated rings. The number of ether oxygens (including phenoxy) is 1. The maximum absolute atomic E-state index is 12.9. The van der Waals surface area contributed by atoms with Crippen LogP contribution in [0.15, 0.2) is 23.1 Å². The van der Waals surface area contributed by atoms with Gasteiger partial charge in [0.2, 0.25) is 10.0 Å². The summed E-state index contributed by atoms with van der Waals surface area (Å²) in [7, 11) is -2.80. The molecule has 0 atom stereocenters. The van der Waals surface area contributed by atoms with Crippen LogP contribution in [0.25, 0.3) is 0 Å². The maximum atomic E-state index is 12.9. The number of esters is 1. The second-order valence-corrected chi connectivity index (χ2v) is 5.60. The largest absolute Gasteiger partial charge is 0.468 e. The van der Waals surface area contributed by atoms with Gasteiger partial charge in [-0.25, -0.2) is 12.8 Å². The molecule has 0 spiro atoms. The number of hydrogen-bond acceptors (Lipinski definition) is 5. The topological polar surface area (TPSA) is 89.7 Å². The summed E-state index contributed by atoms with van der Waals surface area (Å²) in [5, 5.41) is 0. The average molecular weight is 290 g/mol. The number of rotatable bonds is 5. The van der Waals surface area contributed by atoms with Crippen LogP contribution >= 0.6 is 0 Å². The van der Waals surface area contributed by atoms with Crippen LogP contribution in [0.1, 0.15) is 6.92 Å². The molecule has 1 aromatic carbocycles. The zero-order valence-electron chi connectivity index (χ0n) is 10.6. The first-order chi connectivity index (χ1) is 8.82. The van der Waals surface area contributed by atoms with Gasteiger partial charge in [-0.15, -0.1) is 0 Å². The Labute approximate surface area is 111 Å². The molecule has 0 unspecified atom stereocenters. The van der Waals surface area contributed by atoms with E-state index in [2.05, 4.69) is 4.74 Å². The van der Waals surface area contributed by atoms with Gasteiger partial charge in [0.25, 0.3) is 0 Å². The SMILES string of the molecule is CCN(CC(=O)OC)S(=O)(=O)c1ccc(F)cc1N. The van der Waals surface area contributed by atoms with Gasteiger partial charge in [0.05, 0.1) is 12.8 Å². The molecule has 106 valence electrons. The van der Waals surface area contributed by atoms with Gasteiger partial charge < -0.3 is 10.5 Å². The molecule has 0 amide bonds. The van der Waals surface area contributed by atoms with Gasteiger partial charge in [-0.2, -0.15) is 4.31 Å². The predicted molar refractivity (Wildman–Crippen MR) is 67.3 cm³/mol. The summed E-state index contributed by atoms with van der Waals surface area (Å²) in [6.07, 6.45) is 0. The first kappa shape index (κ1) is 15.4. The number of carbonyl (C=O) groups excluding carboxylic acids is 1. The number of sulfonamides is 1. The van der Waals surface area contributed by atoms with Gasteiger partial charge in [0.15, 0.2) is 0 Å². The lowest BCUT2D eigenvalue weighted by atomic mass is 10.3. The summed E-state index contributed by atoms with van der Waals surface area (Å²) in [6.45, 7) is 1.21. The molecule has 0 saturated heterocycles. The standard InChI is InChI=1S/C11H15FN2O4S/c1-3-14(7-11(15)18-2)19(16,17)10-5-4-8(12)6-9(10)13/h4-6H,3,7,13H2,1-2H3. The van der Waals surface area contributed by atoms with Crippen molar-refractivity contribution in [3.8, 4) is 0 Å². The lowest BCUT2D eigenvalue weighted by Crippen LogP contribution is -2.36. The lowest BCUT2D eigenvalue weighted by Gasteiger charge is -2.20. The third-order valence-electron chi connectivity index (χ3n) is 2.48. The van der Waals surface area contributed by atoms with E-state index in [-0.39, 0.29) is 17.1 Å². The molecule has 0 bridgehead atoms. The zero-order chi connectivity index (χ0) is 14.6. The Kier molecular flexibility index (Phi) is 4.84. The van der Waals surface area contributed by atoms with E-state index in [9.17, 15) is 17.6 Å². The average Bonchev–Trinajstić information content (AvgIpc) is 2.34. The van der Waals surface area contributed by atoms with Crippen molar-refractivity contribution in [2.75, 3.05) is 25.9 Å². The van der Waals surface area contributed by atoms with Gasteiger partial charge in [-0.3, -0.25) is 4.79 Å². The van der Waals surface area contributed by atoms with Gasteiger partial charge in [0.1, 0.15) is 17.3 Å². The lowest BCUT2D eigenvalue weighted by molar-refractivity contribution is -0.140. The molecular formula is C11H15FN2O4S. The fraction of sp³-hybridized carbons (Fsp3) is 0.364. The van der Waals surface area contributed by atoms with Crippen molar-refractivity contribution >= 4 is 21.7 Å². The van der Waals surface area contributed by atoms with Crippen LogP contribution in [-0.2, 0) is 19.6 Å². The molecule has 0 aliphatic carbocycles. The summed E-state index contributed by atoms with van der Waals surface area (Å²) < 4.78 is 42.8. The van der Waals surface area contributed by atoms with Crippen LogP contribution in [0.2, 0.25) is 0 Å². The number of anilines is 1. The Bertz CT molecular complexity index is 574. The highest BCUT2D eigenvalue weighted by Crippen LogP contribution is 2.22. The van der Waals surface area contributed by atoms with E-state index in [4.69, 9.17) is 5.73 Å². The molecule has 0 aliphatic rings. The predicted octanol–water partition coefficient (Wildman–Crippen LogP) is 0.592. The van der Waals surface area contributed by atoms with Crippen molar-refractivity contribution < 1.29 is 22.3 Å². The molecule has 1 aromatic rings. The minimum Gasteiger partial charge on any atom is -0.468 e. The molecule has 6 nitrogen and oxygen atoms in total. The normalized spacial score (nSPS) is 11.6. The first-order valence-corrected chi connectivity index (χ1v) is 6.89. The molecule has 2 N–H and O–H groups in total. The van der Waals surface area contributed by atoms with Crippen molar-refractivity contribution in [2.45, 2.75) is 11.8 Å². The number of likely N-dealkylation sites (N-methyl/N-ethyl adjacent to an activating group) is 1. The number of benzene rings is 1. The van der Waals surface area contributed by atoms with E-state index < -0.39 is 28.4 Å². The monoisotopic (exact) mass is 290 g/mol. The number of nitrogens with zero attached hydrogens (tertiary/aromatic N) is 1. The molecule has 1 rings (SSSR count). The number of hydrogen-bond donors (Lipinski definition) is 1. The Morgan fingerprint density at radius 2 is 2.11 bits per heavy atom. The Morgan fingerprint density at radius 1 is 1.47 bits per heavy atom. The molecule has 19 heavy (non-hydrogen) atoms. The summed E-state index contributed by atoms with van der Waals surface area (Å²) in [5.74, 6) is -1.32. The maximum Gasteiger partial charge on any atom is 0.321 e. The van der Waals surface area contributed by atoms with Crippen LogP contribution in [-0.4, -0.2) is 38.9 Å². The summed E-state index contributed by atoms with van der Waals surface area (Å²) >= 11 is 0. The van der Waals surface area contributed by atoms with E-state index in [1.165, 1.54) is 0 Å². The van der Waals surface area contributed by atoms with E-state index in [1.54, 1.807) is 6.92 Å². The highest BCUT2D eigenvalue weighted by atomic mass is 32.2. The molecule has 0 saturated carbocycles. The van der Waals surface area contributed by atoms with Gasteiger partial charge in [0, 0.05) is 6.54 Å². The Balaban J connectivity index is 3.17. The van der Waals surface area contributed by atoms with E-state index in [0.29, 0.717) is 0 Å². The molecular weight excluding hydrogens is 275 g/mol. The van der Waals surface area contributed by atoms with Crippen LogP contribution in [0.4, 0.5) is 10.1 Å². The zero-order valence-corrected chi connectivity index (χ0v) is 11.4. The minimum atomic E-state index is -3.96. The van der Waals surface area contributed by atoms with Gasteiger partial charge >= 0.3 is 5.97 Å². The van der Waals surface area contributed by atoms with Gasteiger partial charge in [-0.05, 0) is 18.2 Å². The first-order valence-electron chi connectivity index (χ1n) is 5.45. The second-order valence-electron chi connectivity index (χ2n) is 3.69. The summed E-state index contributed by atoms with van der Waals surface area (Å²) in [4.78, 5) is 10.9. The van der Waals surface area contributed by atoms with Crippen molar-refractivity contribution in [1.29, 1.82) is 0 Å². The molecule has 0 heterocycles. The van der Waals surface area contributed by atoms with Crippen molar-refractivity contribution in [3.63, 3.8) is 0 Å². The number of methoxy groups -OCH3 is 1. The summed E-state index contributed by atoms with van der Waals surface area (Å²) in [6, 6.07) is 2.98. The highest BCUT2D eigenvalue weighted by molar-refractivity contribution is 7.89. The fourth-order valence-electron chi connectivity index (χ4n) is 1.47. The van der Waals surface area contributed by atoms with Crippen LogP contribution in [0.5, 0.6) is 0 Å². The Morgan fingerprint density at radius 3 is 2.58 bits per heavy atom. The fourth-order valence-corrected chi connectivity index (χ4v) is 2.96. The molecule has 0 aliphatic heterocycles. The third-order valence-corrected chi connectivity index (χ3v) is 4.47. The van der Waals surface area contributed by atoms with E-state index >= 15 is 0 Å². The minimum absolute atomic E-state index is 0.0637. The number of nitrogens with two attached hydrogens (primary N) is 1. The third kappa shape index (κ3) is 3.42. The molecule has 0 aromatic heterocycles. The summed E-state index contributed by atoms with van der Waals surface area (Å²) in [5.41, 5.74) is 5.30. The van der Waals surface area contributed by atoms with Crippen LogP contribution in [0.3, 0.4) is 0 Å². The second kappa shape index (κ2) is 5.98. The van der Waals surface area contributed by atoms with Crippen molar-refractivity contribution in [1.82, 2.24) is 4.31 Å². The number of halogens is 1.